The van der Waals surface area contributed by atoms with E-state index < -0.39 is 0 Å². The molecule has 152 valence electrons. The number of benzene rings is 3. The van der Waals surface area contributed by atoms with E-state index in [9.17, 15) is 9.59 Å². The van der Waals surface area contributed by atoms with Crippen molar-refractivity contribution in [2.75, 3.05) is 10.6 Å². The second kappa shape index (κ2) is 8.82. The molecule has 1 saturated carbocycles. The Kier molecular flexibility index (Phi) is 5.80. The average Bonchev–Trinajstić information content (AvgIpc) is 3.61. The van der Waals surface area contributed by atoms with Gasteiger partial charge in [0.15, 0.2) is 0 Å². The highest BCUT2D eigenvalue weighted by molar-refractivity contribution is 6.05. The van der Waals surface area contributed by atoms with Crippen molar-refractivity contribution >= 4 is 23.2 Å². The predicted molar refractivity (Wildman–Crippen MR) is 118 cm³/mol. The van der Waals surface area contributed by atoms with Crippen LogP contribution >= 0.6 is 0 Å². The first kappa shape index (κ1) is 19.7. The van der Waals surface area contributed by atoms with Crippen LogP contribution in [0.3, 0.4) is 0 Å². The summed E-state index contributed by atoms with van der Waals surface area (Å²) in [5.74, 6) is 0.578. The van der Waals surface area contributed by atoms with Gasteiger partial charge in [-0.2, -0.15) is 0 Å². The third-order valence-electron chi connectivity index (χ3n) is 5.13. The maximum Gasteiger partial charge on any atom is 0.255 e. The van der Waals surface area contributed by atoms with E-state index in [1.54, 1.807) is 18.2 Å². The lowest BCUT2D eigenvalue weighted by Crippen LogP contribution is -2.16. The van der Waals surface area contributed by atoms with Crippen LogP contribution in [0.1, 0.15) is 34.3 Å². The average molecular weight is 400 g/mol. The molecule has 1 aliphatic carbocycles. The third-order valence-corrected chi connectivity index (χ3v) is 5.13. The second-order valence-corrected chi connectivity index (χ2v) is 7.50. The maximum absolute atomic E-state index is 12.8. The smallest absolute Gasteiger partial charge is 0.255 e. The molecule has 4 rings (SSSR count). The van der Waals surface area contributed by atoms with Crippen molar-refractivity contribution in [3.63, 3.8) is 0 Å². The number of amides is 2. The third kappa shape index (κ3) is 4.87. The number of nitrogens with one attached hydrogen (secondary N) is 2. The van der Waals surface area contributed by atoms with E-state index in [4.69, 9.17) is 4.74 Å². The molecule has 0 heterocycles. The summed E-state index contributed by atoms with van der Waals surface area (Å²) in [7, 11) is 0. The quantitative estimate of drug-likeness (QED) is 0.575. The van der Waals surface area contributed by atoms with Gasteiger partial charge in [-0.25, -0.2) is 0 Å². The number of hydrogen-bond donors (Lipinski definition) is 2. The first-order valence-electron chi connectivity index (χ1n) is 10.1. The van der Waals surface area contributed by atoms with E-state index in [1.165, 1.54) is 0 Å². The molecule has 0 aliphatic heterocycles. The van der Waals surface area contributed by atoms with Crippen molar-refractivity contribution in [2.24, 2.45) is 5.92 Å². The normalized spacial score (nSPS) is 12.8. The molecular weight excluding hydrogens is 376 g/mol. The molecule has 0 bridgehead atoms. The summed E-state index contributed by atoms with van der Waals surface area (Å²) in [5.41, 5.74) is 3.80. The largest absolute Gasteiger partial charge is 0.489 e. The van der Waals surface area contributed by atoms with Crippen LogP contribution in [0.15, 0.2) is 72.8 Å². The van der Waals surface area contributed by atoms with E-state index in [0.717, 1.165) is 29.7 Å². The highest BCUT2D eigenvalue weighted by atomic mass is 16.5. The van der Waals surface area contributed by atoms with Crippen LogP contribution in [0.4, 0.5) is 11.4 Å². The van der Waals surface area contributed by atoms with Crippen molar-refractivity contribution in [3.05, 3.63) is 89.5 Å². The van der Waals surface area contributed by atoms with Gasteiger partial charge in [0.2, 0.25) is 5.91 Å². The number of carbonyl (C=O) groups is 2. The minimum absolute atomic E-state index is 0.0462. The summed E-state index contributed by atoms with van der Waals surface area (Å²) in [6.07, 6.45) is 1.90. The van der Waals surface area contributed by atoms with E-state index in [0.29, 0.717) is 23.6 Å². The van der Waals surface area contributed by atoms with E-state index in [1.807, 2.05) is 61.5 Å². The molecule has 0 aromatic heterocycles. The lowest BCUT2D eigenvalue weighted by molar-refractivity contribution is -0.117. The van der Waals surface area contributed by atoms with Crippen molar-refractivity contribution in [3.8, 4) is 5.75 Å². The van der Waals surface area contributed by atoms with Gasteiger partial charge in [0, 0.05) is 22.9 Å². The molecule has 3 aromatic carbocycles. The Balaban J connectivity index is 1.43. The SMILES string of the molecule is Cc1c(NC(=O)c2cccc(OCc3ccccc3)c2)cccc1NC(=O)C1CC1. The zero-order valence-electron chi connectivity index (χ0n) is 16.9. The van der Waals surface area contributed by atoms with Crippen LogP contribution < -0.4 is 15.4 Å². The van der Waals surface area contributed by atoms with Gasteiger partial charge in [-0.3, -0.25) is 9.59 Å². The molecule has 30 heavy (non-hydrogen) atoms. The fourth-order valence-electron chi connectivity index (χ4n) is 3.15. The van der Waals surface area contributed by atoms with Crippen molar-refractivity contribution in [2.45, 2.75) is 26.4 Å². The van der Waals surface area contributed by atoms with E-state index in [2.05, 4.69) is 10.6 Å². The molecule has 5 heteroatoms. The zero-order chi connectivity index (χ0) is 20.9. The van der Waals surface area contributed by atoms with Gasteiger partial charge in [0.05, 0.1) is 0 Å². The number of ether oxygens (including phenoxy) is 1. The van der Waals surface area contributed by atoms with Crippen molar-refractivity contribution in [1.29, 1.82) is 0 Å². The molecule has 0 radical (unpaired) electrons. The maximum atomic E-state index is 12.8. The van der Waals surface area contributed by atoms with Crippen LogP contribution in [0, 0.1) is 12.8 Å². The zero-order valence-corrected chi connectivity index (χ0v) is 16.9. The minimum atomic E-state index is -0.228. The Morgan fingerprint density at radius 1 is 0.900 bits per heavy atom. The minimum Gasteiger partial charge on any atom is -0.489 e. The molecular formula is C25H24N2O3. The summed E-state index contributed by atoms with van der Waals surface area (Å²) in [4.78, 5) is 24.9. The Morgan fingerprint density at radius 2 is 1.60 bits per heavy atom. The summed E-state index contributed by atoms with van der Waals surface area (Å²) in [5, 5.41) is 5.90. The van der Waals surface area contributed by atoms with Gasteiger partial charge in [0.25, 0.3) is 5.91 Å². The van der Waals surface area contributed by atoms with Gasteiger partial charge in [-0.15, -0.1) is 0 Å². The first-order valence-corrected chi connectivity index (χ1v) is 10.1. The van der Waals surface area contributed by atoms with Gasteiger partial charge in [0.1, 0.15) is 12.4 Å². The van der Waals surface area contributed by atoms with E-state index in [-0.39, 0.29) is 17.7 Å². The van der Waals surface area contributed by atoms with Crippen LogP contribution in [0.5, 0.6) is 5.75 Å². The fourth-order valence-corrected chi connectivity index (χ4v) is 3.15. The molecule has 2 N–H and O–H groups in total. The number of hydrogen-bond acceptors (Lipinski definition) is 3. The molecule has 1 aliphatic rings. The van der Waals surface area contributed by atoms with Gasteiger partial charge >= 0.3 is 0 Å². The number of rotatable bonds is 7. The molecule has 0 atom stereocenters. The Morgan fingerprint density at radius 3 is 2.33 bits per heavy atom. The molecule has 3 aromatic rings. The number of carbonyl (C=O) groups excluding carboxylic acids is 2. The first-order chi connectivity index (χ1) is 14.6. The summed E-state index contributed by atoms with van der Waals surface area (Å²) >= 11 is 0. The highest BCUT2D eigenvalue weighted by Gasteiger charge is 2.29. The van der Waals surface area contributed by atoms with Crippen LogP contribution in [0.2, 0.25) is 0 Å². The molecule has 5 nitrogen and oxygen atoms in total. The Hall–Kier alpha value is -3.60. The van der Waals surface area contributed by atoms with Crippen molar-refractivity contribution < 1.29 is 14.3 Å². The molecule has 0 unspecified atom stereocenters. The lowest BCUT2D eigenvalue weighted by Gasteiger charge is -2.14. The van der Waals surface area contributed by atoms with Gasteiger partial charge < -0.3 is 15.4 Å². The molecule has 2 amide bonds. The predicted octanol–water partition coefficient (Wildman–Crippen LogP) is 5.17. The van der Waals surface area contributed by atoms with Gasteiger partial charge in [-0.1, -0.05) is 42.5 Å². The van der Waals surface area contributed by atoms with Crippen LogP contribution in [-0.2, 0) is 11.4 Å². The number of anilines is 2. The Labute approximate surface area is 176 Å². The summed E-state index contributed by atoms with van der Waals surface area (Å²) < 4.78 is 5.82. The van der Waals surface area contributed by atoms with Gasteiger partial charge in [-0.05, 0) is 61.2 Å². The van der Waals surface area contributed by atoms with E-state index >= 15 is 0 Å². The molecule has 1 fully saturated rings. The topological polar surface area (TPSA) is 67.4 Å². The summed E-state index contributed by atoms with van der Waals surface area (Å²) in [6.45, 7) is 2.32. The molecule has 0 spiro atoms. The fraction of sp³-hybridized carbons (Fsp3) is 0.200. The Bertz CT molecular complexity index is 1060. The van der Waals surface area contributed by atoms with Crippen molar-refractivity contribution in [1.82, 2.24) is 0 Å². The second-order valence-electron chi connectivity index (χ2n) is 7.50. The van der Waals surface area contributed by atoms with Crippen LogP contribution in [0.25, 0.3) is 0 Å². The standard InChI is InChI=1S/C25H24N2O3/c1-17-22(26-24(28)19-13-14-19)11-6-12-23(17)27-25(29)20-9-5-10-21(15-20)30-16-18-7-3-2-4-8-18/h2-12,15,19H,13-14,16H2,1H3,(H,26,28)(H,27,29). The lowest BCUT2D eigenvalue weighted by atomic mass is 10.1. The molecule has 0 saturated heterocycles. The monoisotopic (exact) mass is 400 g/mol. The summed E-state index contributed by atoms with van der Waals surface area (Å²) in [6, 6.07) is 22.5. The van der Waals surface area contributed by atoms with Crippen LogP contribution in [-0.4, -0.2) is 11.8 Å². The highest BCUT2D eigenvalue weighted by Crippen LogP contribution is 2.32.